The molecule has 2 heteroatoms. The first-order valence-electron chi connectivity index (χ1n) is 2.87. The van der Waals surface area contributed by atoms with Crippen LogP contribution in [0.3, 0.4) is 0 Å². The highest BCUT2D eigenvalue weighted by Gasteiger charge is 1.93. The maximum Gasteiger partial charge on any atom is 0.309 e. The Balaban J connectivity index is 3.50. The lowest BCUT2D eigenvalue weighted by Crippen LogP contribution is -1.96. The number of hydrogen-bond acceptors (Lipinski definition) is 2. The average Bonchev–Trinajstić information content (AvgIpc) is 1.83. The van der Waals surface area contributed by atoms with Crippen molar-refractivity contribution in [2.45, 2.75) is 20.3 Å². The Bertz CT molecular complexity index is 121. The summed E-state index contributed by atoms with van der Waals surface area (Å²) in [6.45, 7) is 3.89. The molecule has 52 valence electrons. The molecule has 0 spiro atoms. The lowest BCUT2D eigenvalue weighted by Gasteiger charge is -1.92. The molecular formula is C7H12O2. The van der Waals surface area contributed by atoms with Crippen molar-refractivity contribution in [2.24, 2.45) is 0 Å². The molecule has 0 rings (SSSR count). The van der Waals surface area contributed by atoms with Gasteiger partial charge in [-0.3, -0.25) is 4.79 Å². The molecule has 0 saturated carbocycles. The molecule has 2 nitrogen and oxygen atoms in total. The van der Waals surface area contributed by atoms with E-state index < -0.39 is 0 Å². The van der Waals surface area contributed by atoms with Crippen LogP contribution in [0, 0.1) is 0 Å². The van der Waals surface area contributed by atoms with Gasteiger partial charge < -0.3 is 4.74 Å². The molecule has 0 atom stereocenters. The number of ether oxygens (including phenoxy) is 1. The van der Waals surface area contributed by atoms with Gasteiger partial charge in [-0.2, -0.15) is 0 Å². The molecular weight excluding hydrogens is 116 g/mol. The molecule has 0 aliphatic carbocycles. The molecule has 0 heterocycles. The van der Waals surface area contributed by atoms with Crippen LogP contribution in [0.15, 0.2) is 11.6 Å². The zero-order valence-electron chi connectivity index (χ0n) is 6.10. The Morgan fingerprint density at radius 3 is 2.44 bits per heavy atom. The van der Waals surface area contributed by atoms with Gasteiger partial charge in [0, 0.05) is 0 Å². The number of carbonyl (C=O) groups is 1. The predicted octanol–water partition coefficient (Wildman–Crippen LogP) is 1.52. The summed E-state index contributed by atoms with van der Waals surface area (Å²) in [5, 5.41) is 0. The van der Waals surface area contributed by atoms with Crippen LogP contribution in [0.25, 0.3) is 0 Å². The van der Waals surface area contributed by atoms with E-state index >= 15 is 0 Å². The van der Waals surface area contributed by atoms with E-state index in [0.717, 1.165) is 5.57 Å². The largest absolute Gasteiger partial charge is 0.469 e. The molecule has 0 N–H and O–H groups in total. The second-order valence-corrected chi connectivity index (χ2v) is 2.06. The minimum absolute atomic E-state index is 0.184. The third-order valence-corrected chi connectivity index (χ3v) is 0.905. The topological polar surface area (TPSA) is 26.3 Å². The average molecular weight is 128 g/mol. The fraction of sp³-hybridized carbons (Fsp3) is 0.571. The third kappa shape index (κ3) is 5.07. The van der Waals surface area contributed by atoms with Crippen LogP contribution in [0.1, 0.15) is 20.3 Å². The number of esters is 1. The summed E-state index contributed by atoms with van der Waals surface area (Å²) in [6, 6.07) is 0. The van der Waals surface area contributed by atoms with Crippen LogP contribution in [0.4, 0.5) is 0 Å². The highest BCUT2D eigenvalue weighted by molar-refractivity contribution is 5.70. The van der Waals surface area contributed by atoms with Crippen LogP contribution < -0.4 is 0 Å². The fourth-order valence-corrected chi connectivity index (χ4v) is 0.371. The van der Waals surface area contributed by atoms with Crippen LogP contribution in [0.2, 0.25) is 0 Å². The number of allylic oxidation sites excluding steroid dienone is 1. The summed E-state index contributed by atoms with van der Waals surface area (Å²) in [4.78, 5) is 10.4. The summed E-state index contributed by atoms with van der Waals surface area (Å²) in [7, 11) is 1.39. The molecule has 0 amide bonds. The van der Waals surface area contributed by atoms with E-state index in [1.54, 1.807) is 0 Å². The van der Waals surface area contributed by atoms with Crippen LogP contribution in [-0.4, -0.2) is 13.1 Å². The molecule has 0 aliphatic rings. The van der Waals surface area contributed by atoms with Gasteiger partial charge in [0.05, 0.1) is 13.5 Å². The van der Waals surface area contributed by atoms with E-state index in [-0.39, 0.29) is 5.97 Å². The second kappa shape index (κ2) is 4.13. The van der Waals surface area contributed by atoms with Gasteiger partial charge in [-0.1, -0.05) is 11.6 Å². The summed E-state index contributed by atoms with van der Waals surface area (Å²) in [5.74, 6) is -0.184. The predicted molar refractivity (Wildman–Crippen MR) is 36.1 cm³/mol. The Labute approximate surface area is 55.5 Å². The monoisotopic (exact) mass is 128 g/mol. The highest BCUT2D eigenvalue weighted by Crippen LogP contribution is 1.93. The number of hydrogen-bond donors (Lipinski definition) is 0. The minimum Gasteiger partial charge on any atom is -0.469 e. The van der Waals surface area contributed by atoms with E-state index in [1.165, 1.54) is 7.11 Å². The maximum absolute atomic E-state index is 10.4. The van der Waals surface area contributed by atoms with Crippen molar-refractivity contribution in [2.75, 3.05) is 7.11 Å². The zero-order valence-corrected chi connectivity index (χ0v) is 6.10. The molecule has 0 aliphatic heterocycles. The highest BCUT2D eigenvalue weighted by atomic mass is 16.5. The van der Waals surface area contributed by atoms with Gasteiger partial charge in [0.15, 0.2) is 0 Å². The summed E-state index contributed by atoms with van der Waals surface area (Å²) < 4.78 is 4.42. The first-order chi connectivity index (χ1) is 4.16. The van der Waals surface area contributed by atoms with Gasteiger partial charge in [0.2, 0.25) is 0 Å². The van der Waals surface area contributed by atoms with Gasteiger partial charge in [-0.15, -0.1) is 0 Å². The molecule has 0 bridgehead atoms. The van der Waals surface area contributed by atoms with Crippen molar-refractivity contribution in [1.82, 2.24) is 0 Å². The molecule has 0 saturated heterocycles. The van der Waals surface area contributed by atoms with E-state index in [1.807, 2.05) is 19.9 Å². The van der Waals surface area contributed by atoms with Gasteiger partial charge in [0.1, 0.15) is 0 Å². The van der Waals surface area contributed by atoms with Crippen LogP contribution >= 0.6 is 0 Å². The van der Waals surface area contributed by atoms with Crippen molar-refractivity contribution in [3.05, 3.63) is 11.6 Å². The first-order valence-corrected chi connectivity index (χ1v) is 2.87. The summed E-state index contributed by atoms with van der Waals surface area (Å²) in [5.41, 5.74) is 1.14. The van der Waals surface area contributed by atoms with E-state index in [4.69, 9.17) is 0 Å². The van der Waals surface area contributed by atoms with Gasteiger partial charge in [-0.05, 0) is 13.8 Å². The van der Waals surface area contributed by atoms with E-state index in [9.17, 15) is 4.79 Å². The second-order valence-electron chi connectivity index (χ2n) is 2.06. The molecule has 0 unspecified atom stereocenters. The van der Waals surface area contributed by atoms with Crippen LogP contribution in [0.5, 0.6) is 0 Å². The minimum atomic E-state index is -0.184. The van der Waals surface area contributed by atoms with Crippen molar-refractivity contribution in [1.29, 1.82) is 0 Å². The molecule has 9 heavy (non-hydrogen) atoms. The molecule has 0 fully saturated rings. The quantitative estimate of drug-likeness (QED) is 0.416. The van der Waals surface area contributed by atoms with Gasteiger partial charge in [-0.25, -0.2) is 0 Å². The lowest BCUT2D eigenvalue weighted by atomic mass is 10.3. The van der Waals surface area contributed by atoms with Crippen molar-refractivity contribution in [3.8, 4) is 0 Å². The number of rotatable bonds is 2. The Kier molecular flexibility index (Phi) is 3.76. The van der Waals surface area contributed by atoms with Gasteiger partial charge >= 0.3 is 5.97 Å². The van der Waals surface area contributed by atoms with Gasteiger partial charge in [0.25, 0.3) is 0 Å². The summed E-state index contributed by atoms with van der Waals surface area (Å²) in [6.07, 6.45) is 2.23. The van der Waals surface area contributed by atoms with Crippen molar-refractivity contribution < 1.29 is 9.53 Å². The Morgan fingerprint density at radius 2 is 2.11 bits per heavy atom. The molecule has 0 aromatic rings. The fourth-order valence-electron chi connectivity index (χ4n) is 0.371. The number of methoxy groups -OCH3 is 1. The Hall–Kier alpha value is -0.790. The molecule has 0 radical (unpaired) electrons. The number of carbonyl (C=O) groups excluding carboxylic acids is 1. The SMILES string of the molecule is COC(=O)CC=C(C)C. The maximum atomic E-state index is 10.4. The normalized spacial score (nSPS) is 8.33. The molecule has 0 aromatic heterocycles. The van der Waals surface area contributed by atoms with E-state index in [2.05, 4.69) is 4.74 Å². The van der Waals surface area contributed by atoms with Crippen molar-refractivity contribution >= 4 is 5.97 Å². The Morgan fingerprint density at radius 1 is 1.56 bits per heavy atom. The molecule has 0 aromatic carbocycles. The standard InChI is InChI=1S/C7H12O2/c1-6(2)4-5-7(8)9-3/h4H,5H2,1-3H3. The third-order valence-electron chi connectivity index (χ3n) is 0.905. The zero-order chi connectivity index (χ0) is 7.28. The smallest absolute Gasteiger partial charge is 0.309 e. The lowest BCUT2D eigenvalue weighted by molar-refractivity contribution is -0.139. The van der Waals surface area contributed by atoms with Crippen LogP contribution in [-0.2, 0) is 9.53 Å². The summed E-state index contributed by atoms with van der Waals surface area (Å²) >= 11 is 0. The van der Waals surface area contributed by atoms with E-state index in [0.29, 0.717) is 6.42 Å². The van der Waals surface area contributed by atoms with Crippen molar-refractivity contribution in [3.63, 3.8) is 0 Å². The first kappa shape index (κ1) is 8.21.